The average Bonchev–Trinajstić information content (AvgIpc) is 3.31. The number of aromatic carboxylic acids is 1. The molecule has 11 heteroatoms. The Bertz CT molecular complexity index is 1030. The van der Waals surface area contributed by atoms with E-state index in [-0.39, 0.29) is 29.7 Å². The van der Waals surface area contributed by atoms with E-state index in [1.807, 2.05) is 4.90 Å². The van der Waals surface area contributed by atoms with Gasteiger partial charge in [0.15, 0.2) is 11.5 Å². The van der Waals surface area contributed by atoms with Crippen molar-refractivity contribution in [3.8, 4) is 0 Å². The van der Waals surface area contributed by atoms with Gasteiger partial charge < -0.3 is 21.1 Å². The fourth-order valence-electron chi connectivity index (χ4n) is 3.66. The lowest BCUT2D eigenvalue weighted by Gasteiger charge is -2.27. The summed E-state index contributed by atoms with van der Waals surface area (Å²) in [6, 6.07) is 2.86. The van der Waals surface area contributed by atoms with Crippen LogP contribution in [0.2, 0.25) is 0 Å². The molecule has 0 amide bonds. The van der Waals surface area contributed by atoms with E-state index in [4.69, 9.17) is 5.73 Å². The number of fused-ring (bicyclic) bond motifs is 1. The smallest absolute Gasteiger partial charge is 0.343 e. The Kier molecular flexibility index (Phi) is 6.14. The largest absolute Gasteiger partial charge is 0.477 e. The summed E-state index contributed by atoms with van der Waals surface area (Å²) in [6.45, 7) is 1.51. The minimum absolute atomic E-state index is 0. The van der Waals surface area contributed by atoms with Crippen LogP contribution in [-0.2, 0) is 0 Å². The lowest BCUT2D eigenvalue weighted by molar-refractivity contribution is 0.0699. The Morgan fingerprint density at radius 3 is 3.00 bits per heavy atom. The molecule has 4 heterocycles. The number of carboxylic acids is 1. The molecule has 1 aliphatic heterocycles. The second-order valence-electron chi connectivity index (χ2n) is 6.55. The molecule has 1 saturated heterocycles. The van der Waals surface area contributed by atoms with Crippen LogP contribution in [0.5, 0.6) is 0 Å². The Balaban J connectivity index is 0.00000240. The second-order valence-corrected chi connectivity index (χ2v) is 6.55. The van der Waals surface area contributed by atoms with E-state index < -0.39 is 11.8 Å². The normalized spacial score (nSPS) is 16.1. The van der Waals surface area contributed by atoms with Gasteiger partial charge >= 0.3 is 5.97 Å². The first-order valence-electron chi connectivity index (χ1n) is 9.03. The van der Waals surface area contributed by atoms with Crippen LogP contribution in [0.25, 0.3) is 5.65 Å². The van der Waals surface area contributed by atoms with Crippen LogP contribution >= 0.6 is 12.4 Å². The highest BCUT2D eigenvalue weighted by molar-refractivity contribution is 6.00. The number of nitrogens with one attached hydrogen (secondary N) is 1. The summed E-state index contributed by atoms with van der Waals surface area (Å²) in [7, 11) is 0. The topological polar surface area (TPSA) is 122 Å². The van der Waals surface area contributed by atoms with Gasteiger partial charge in [-0.05, 0) is 25.0 Å². The molecule has 9 nitrogen and oxygen atoms in total. The molecular formula is C18H21ClFN7O2. The SMILES string of the molecule is Cl.NCCNc1ncc(F)cc1[C@H]1CCCN1c1nn2cccnc2c1C(=O)O. The zero-order valence-electron chi connectivity index (χ0n) is 15.5. The quantitative estimate of drug-likeness (QED) is 0.553. The van der Waals surface area contributed by atoms with Gasteiger partial charge in [-0.2, -0.15) is 0 Å². The molecule has 4 N–H and O–H groups in total. The Morgan fingerprint density at radius 1 is 1.41 bits per heavy atom. The van der Waals surface area contributed by atoms with Gasteiger partial charge in [0.2, 0.25) is 0 Å². The lowest BCUT2D eigenvalue weighted by Crippen LogP contribution is -2.26. The predicted molar refractivity (Wildman–Crippen MR) is 108 cm³/mol. The molecule has 3 aromatic heterocycles. The van der Waals surface area contributed by atoms with Gasteiger partial charge in [0.1, 0.15) is 17.2 Å². The van der Waals surface area contributed by atoms with E-state index in [0.29, 0.717) is 36.8 Å². The number of nitrogens with zero attached hydrogens (tertiary/aromatic N) is 5. The molecule has 0 bridgehead atoms. The number of anilines is 2. The molecule has 3 aromatic rings. The molecule has 0 spiro atoms. The summed E-state index contributed by atoms with van der Waals surface area (Å²) in [5, 5.41) is 17.3. The maximum Gasteiger partial charge on any atom is 0.343 e. The predicted octanol–water partition coefficient (Wildman–Crippen LogP) is 2.10. The Morgan fingerprint density at radius 2 is 2.24 bits per heavy atom. The summed E-state index contributed by atoms with van der Waals surface area (Å²) in [6.07, 6.45) is 5.88. The van der Waals surface area contributed by atoms with Gasteiger partial charge in [-0.25, -0.2) is 23.7 Å². The summed E-state index contributed by atoms with van der Waals surface area (Å²) in [5.41, 5.74) is 6.53. The molecule has 0 aliphatic carbocycles. The van der Waals surface area contributed by atoms with Gasteiger partial charge in [-0.15, -0.1) is 17.5 Å². The maximum absolute atomic E-state index is 14.0. The van der Waals surface area contributed by atoms with E-state index in [9.17, 15) is 14.3 Å². The first-order valence-corrected chi connectivity index (χ1v) is 9.03. The number of rotatable bonds is 6. The molecule has 4 rings (SSSR count). The number of carbonyl (C=O) groups is 1. The van der Waals surface area contributed by atoms with E-state index in [1.54, 1.807) is 12.3 Å². The van der Waals surface area contributed by atoms with Crippen LogP contribution in [0.3, 0.4) is 0 Å². The number of aromatic nitrogens is 4. The first-order chi connectivity index (χ1) is 13.6. The summed E-state index contributed by atoms with van der Waals surface area (Å²) in [4.78, 5) is 22.2. The van der Waals surface area contributed by atoms with Crippen LogP contribution < -0.4 is 16.0 Å². The minimum atomic E-state index is -1.10. The third-order valence-corrected chi connectivity index (χ3v) is 4.80. The molecule has 0 radical (unpaired) electrons. The van der Waals surface area contributed by atoms with Gasteiger partial charge in [-0.1, -0.05) is 0 Å². The third kappa shape index (κ3) is 3.81. The van der Waals surface area contributed by atoms with Crippen LogP contribution in [-0.4, -0.2) is 50.3 Å². The van der Waals surface area contributed by atoms with E-state index in [1.165, 1.54) is 16.8 Å². The fourth-order valence-corrected chi connectivity index (χ4v) is 3.66. The molecule has 29 heavy (non-hydrogen) atoms. The highest BCUT2D eigenvalue weighted by Gasteiger charge is 2.34. The van der Waals surface area contributed by atoms with Gasteiger partial charge in [0, 0.05) is 37.6 Å². The molecular weight excluding hydrogens is 401 g/mol. The first kappa shape index (κ1) is 20.7. The summed E-state index contributed by atoms with van der Waals surface area (Å²) < 4.78 is 15.4. The molecule has 154 valence electrons. The van der Waals surface area contributed by atoms with Crippen molar-refractivity contribution < 1.29 is 14.3 Å². The fraction of sp³-hybridized carbons (Fsp3) is 0.333. The number of nitrogens with two attached hydrogens (primary N) is 1. The zero-order chi connectivity index (χ0) is 19.7. The summed E-state index contributed by atoms with van der Waals surface area (Å²) >= 11 is 0. The van der Waals surface area contributed by atoms with Crippen LogP contribution in [0.4, 0.5) is 16.0 Å². The van der Waals surface area contributed by atoms with Crippen LogP contribution in [0, 0.1) is 5.82 Å². The summed E-state index contributed by atoms with van der Waals surface area (Å²) in [5.74, 6) is -0.686. The van der Waals surface area contributed by atoms with Crippen LogP contribution in [0.15, 0.2) is 30.7 Å². The van der Waals surface area contributed by atoms with E-state index >= 15 is 0 Å². The minimum Gasteiger partial charge on any atom is -0.477 e. The van der Waals surface area contributed by atoms with E-state index in [2.05, 4.69) is 20.4 Å². The average molecular weight is 422 g/mol. The Hall–Kier alpha value is -2.98. The van der Waals surface area contributed by atoms with E-state index in [0.717, 1.165) is 19.0 Å². The Labute approximate surface area is 172 Å². The number of pyridine rings is 1. The standard InChI is InChI=1S/C18H20FN7O2.ClH/c19-11-9-12(15(23-10-11)21-6-4-20)13-3-1-7-25(13)17-14(18(27)28)16-22-5-2-8-26(16)24-17;/h2,5,8-10,13H,1,3-4,6-7,20H2,(H,21,23)(H,27,28);1H/t13-;/m1./s1. The van der Waals surface area contributed by atoms with Crippen molar-refractivity contribution in [2.24, 2.45) is 5.73 Å². The third-order valence-electron chi connectivity index (χ3n) is 4.80. The zero-order valence-corrected chi connectivity index (χ0v) is 16.3. The highest BCUT2D eigenvalue weighted by atomic mass is 35.5. The van der Waals surface area contributed by atoms with Crippen molar-refractivity contribution in [3.05, 3.63) is 47.7 Å². The van der Waals surface area contributed by atoms with Crippen molar-refractivity contribution in [2.45, 2.75) is 18.9 Å². The van der Waals surface area contributed by atoms with Crippen LogP contribution in [0.1, 0.15) is 34.8 Å². The van der Waals surface area contributed by atoms with Crippen molar-refractivity contribution in [1.82, 2.24) is 19.6 Å². The molecule has 0 saturated carbocycles. The van der Waals surface area contributed by atoms with Gasteiger partial charge in [0.05, 0.1) is 12.2 Å². The second kappa shape index (κ2) is 8.58. The molecule has 0 unspecified atom stereocenters. The number of carboxylic acid groups (broad SMARTS) is 1. The molecule has 1 aliphatic rings. The van der Waals surface area contributed by atoms with Gasteiger partial charge in [-0.3, -0.25) is 0 Å². The number of hydrogen-bond donors (Lipinski definition) is 3. The number of halogens is 2. The molecule has 0 aromatic carbocycles. The number of hydrogen-bond acceptors (Lipinski definition) is 7. The van der Waals surface area contributed by atoms with Crippen molar-refractivity contribution in [3.63, 3.8) is 0 Å². The maximum atomic E-state index is 14.0. The van der Waals surface area contributed by atoms with Crippen molar-refractivity contribution in [2.75, 3.05) is 29.9 Å². The monoisotopic (exact) mass is 421 g/mol. The van der Waals surface area contributed by atoms with Crippen molar-refractivity contribution in [1.29, 1.82) is 0 Å². The molecule has 1 fully saturated rings. The lowest BCUT2D eigenvalue weighted by atomic mass is 10.0. The van der Waals surface area contributed by atoms with Crippen molar-refractivity contribution >= 4 is 35.7 Å². The molecule has 1 atom stereocenters. The highest BCUT2D eigenvalue weighted by Crippen LogP contribution is 2.40. The van der Waals surface area contributed by atoms with Gasteiger partial charge in [0.25, 0.3) is 0 Å².